The Labute approximate surface area is 190 Å². The van der Waals surface area contributed by atoms with Crippen molar-refractivity contribution in [3.8, 4) is 0 Å². The highest BCUT2D eigenvalue weighted by molar-refractivity contribution is 7.90. The molecular weight excluding hydrogens is 422 g/mol. The Balaban J connectivity index is 2.03. The number of carbonyl (C=O) groups is 1. The second kappa shape index (κ2) is 8.54. The topological polar surface area (TPSA) is 81.1 Å². The molecule has 1 aromatic heterocycles. The molecule has 0 fully saturated rings. The van der Waals surface area contributed by atoms with Gasteiger partial charge >= 0.3 is 0 Å². The predicted octanol–water partition coefficient (Wildman–Crippen LogP) is 4.58. The molecule has 0 aliphatic rings. The van der Waals surface area contributed by atoms with Gasteiger partial charge in [0, 0.05) is 5.41 Å². The highest BCUT2D eigenvalue weighted by Crippen LogP contribution is 2.24. The maximum absolute atomic E-state index is 13.2. The van der Waals surface area contributed by atoms with Crippen LogP contribution in [0.5, 0.6) is 0 Å². The Bertz CT molecular complexity index is 1260. The number of sulfonamides is 1. The Kier molecular flexibility index (Phi) is 6.33. The van der Waals surface area contributed by atoms with Crippen LogP contribution in [-0.4, -0.2) is 24.1 Å². The van der Waals surface area contributed by atoms with Gasteiger partial charge in [-0.2, -0.15) is 5.10 Å². The zero-order valence-electron chi connectivity index (χ0n) is 19.8. The van der Waals surface area contributed by atoms with Crippen LogP contribution >= 0.6 is 0 Å². The van der Waals surface area contributed by atoms with E-state index in [2.05, 4.69) is 22.0 Å². The largest absolute Gasteiger partial charge is 0.283 e. The molecule has 1 amide bonds. The first kappa shape index (κ1) is 23.7. The fourth-order valence-corrected chi connectivity index (χ4v) is 4.99. The van der Waals surface area contributed by atoms with Crippen LogP contribution in [0.4, 0.5) is 0 Å². The Morgan fingerprint density at radius 2 is 1.56 bits per heavy atom. The van der Waals surface area contributed by atoms with Gasteiger partial charge < -0.3 is 0 Å². The summed E-state index contributed by atoms with van der Waals surface area (Å²) in [5.41, 5.74) is 5.65. The molecule has 0 saturated heterocycles. The number of aromatic nitrogens is 2. The minimum atomic E-state index is -4.02. The summed E-state index contributed by atoms with van der Waals surface area (Å²) >= 11 is 0. The van der Waals surface area contributed by atoms with Gasteiger partial charge in [0.05, 0.1) is 17.1 Å². The SMILES string of the molecule is Cc1cc(C)c(Cn2nc(C(C)(C)C)cc2C(=O)NS(=O)(=O)c2ccccc2C)c(C)c1. The number of rotatable bonds is 5. The number of nitrogens with one attached hydrogen (secondary N) is 1. The summed E-state index contributed by atoms with van der Waals surface area (Å²) in [5.74, 6) is -0.696. The average molecular weight is 454 g/mol. The minimum Gasteiger partial charge on any atom is -0.266 e. The Morgan fingerprint density at radius 1 is 0.969 bits per heavy atom. The summed E-state index contributed by atoms with van der Waals surface area (Å²) in [6.45, 7) is 14.2. The van der Waals surface area contributed by atoms with Gasteiger partial charge in [-0.15, -0.1) is 0 Å². The molecule has 0 atom stereocenters. The van der Waals surface area contributed by atoms with Crippen LogP contribution in [0.2, 0.25) is 0 Å². The second-order valence-corrected chi connectivity index (χ2v) is 11.1. The van der Waals surface area contributed by atoms with E-state index in [1.807, 2.05) is 41.5 Å². The Hall–Kier alpha value is -2.93. The molecule has 2 aromatic carbocycles. The summed E-state index contributed by atoms with van der Waals surface area (Å²) in [4.78, 5) is 13.3. The third-order valence-corrected chi connectivity index (χ3v) is 7.03. The van der Waals surface area contributed by atoms with E-state index in [1.54, 1.807) is 35.9 Å². The van der Waals surface area contributed by atoms with E-state index in [-0.39, 0.29) is 16.0 Å². The maximum Gasteiger partial charge on any atom is 0.283 e. The molecule has 0 saturated carbocycles. The first-order valence-corrected chi connectivity index (χ1v) is 12.1. The van der Waals surface area contributed by atoms with Crippen molar-refractivity contribution in [2.45, 2.75) is 65.3 Å². The smallest absolute Gasteiger partial charge is 0.266 e. The van der Waals surface area contributed by atoms with Gasteiger partial charge in [-0.3, -0.25) is 9.48 Å². The number of hydrogen-bond donors (Lipinski definition) is 1. The van der Waals surface area contributed by atoms with Crippen molar-refractivity contribution in [2.24, 2.45) is 0 Å². The van der Waals surface area contributed by atoms with Crippen LogP contribution in [0.25, 0.3) is 0 Å². The lowest BCUT2D eigenvalue weighted by molar-refractivity contribution is 0.0971. The van der Waals surface area contributed by atoms with E-state index in [0.29, 0.717) is 12.1 Å². The number of nitrogens with zero attached hydrogens (tertiary/aromatic N) is 2. The van der Waals surface area contributed by atoms with Crippen molar-refractivity contribution in [2.75, 3.05) is 0 Å². The molecule has 3 aromatic rings. The summed E-state index contributed by atoms with van der Waals surface area (Å²) in [5, 5.41) is 4.68. The van der Waals surface area contributed by atoms with E-state index in [1.165, 1.54) is 11.6 Å². The normalized spacial score (nSPS) is 12.1. The molecule has 0 radical (unpaired) electrons. The highest BCUT2D eigenvalue weighted by atomic mass is 32.2. The van der Waals surface area contributed by atoms with Crippen molar-refractivity contribution < 1.29 is 13.2 Å². The number of aryl methyl sites for hydroxylation is 4. The fourth-order valence-electron chi connectivity index (χ4n) is 3.78. The fraction of sp³-hybridized carbons (Fsp3) is 0.360. The molecule has 170 valence electrons. The quantitative estimate of drug-likeness (QED) is 0.613. The zero-order chi connectivity index (χ0) is 23.8. The van der Waals surface area contributed by atoms with Gasteiger partial charge in [0.2, 0.25) is 0 Å². The van der Waals surface area contributed by atoms with Crippen molar-refractivity contribution in [3.63, 3.8) is 0 Å². The van der Waals surface area contributed by atoms with Gasteiger partial charge in [0.25, 0.3) is 15.9 Å². The number of hydrogen-bond acceptors (Lipinski definition) is 4. The van der Waals surface area contributed by atoms with Crippen molar-refractivity contribution in [1.29, 1.82) is 0 Å². The average Bonchev–Trinajstić information content (AvgIpc) is 3.09. The van der Waals surface area contributed by atoms with E-state index >= 15 is 0 Å². The van der Waals surface area contributed by atoms with E-state index < -0.39 is 15.9 Å². The van der Waals surface area contributed by atoms with E-state index in [4.69, 9.17) is 0 Å². The van der Waals surface area contributed by atoms with Crippen LogP contribution < -0.4 is 4.72 Å². The molecule has 0 aliphatic heterocycles. The lowest BCUT2D eigenvalue weighted by Gasteiger charge is -2.15. The van der Waals surface area contributed by atoms with Gasteiger partial charge in [-0.1, -0.05) is 56.7 Å². The molecule has 1 heterocycles. The summed E-state index contributed by atoms with van der Waals surface area (Å²) in [7, 11) is -4.02. The molecule has 3 rings (SSSR count). The number of carbonyl (C=O) groups excluding carboxylic acids is 1. The van der Waals surface area contributed by atoms with Crippen molar-refractivity contribution in [3.05, 3.63) is 81.7 Å². The molecule has 0 unspecified atom stereocenters. The van der Waals surface area contributed by atoms with E-state index in [9.17, 15) is 13.2 Å². The number of benzene rings is 2. The molecule has 1 N–H and O–H groups in total. The van der Waals surface area contributed by atoms with E-state index in [0.717, 1.165) is 22.4 Å². The maximum atomic E-state index is 13.2. The number of amides is 1. The minimum absolute atomic E-state index is 0.0840. The molecule has 32 heavy (non-hydrogen) atoms. The molecule has 0 aliphatic carbocycles. The summed E-state index contributed by atoms with van der Waals surface area (Å²) < 4.78 is 29.6. The van der Waals surface area contributed by atoms with Gasteiger partial charge in [-0.05, 0) is 62.1 Å². The van der Waals surface area contributed by atoms with Gasteiger partial charge in [0.15, 0.2) is 0 Å². The molecule has 6 nitrogen and oxygen atoms in total. The standard InChI is InChI=1S/C25H31N3O3S/c1-16-12-18(3)20(19(4)13-16)15-28-21(14-23(26-28)25(5,6)7)24(29)27-32(30,31)22-11-9-8-10-17(22)2/h8-14H,15H2,1-7H3,(H,27,29). The lowest BCUT2D eigenvalue weighted by Crippen LogP contribution is -2.32. The summed E-state index contributed by atoms with van der Waals surface area (Å²) in [6.07, 6.45) is 0. The molecular formula is C25H31N3O3S. The second-order valence-electron chi connectivity index (χ2n) is 9.40. The summed E-state index contributed by atoms with van der Waals surface area (Å²) in [6, 6.07) is 12.5. The van der Waals surface area contributed by atoms with Crippen LogP contribution in [0.1, 0.15) is 64.8 Å². The monoisotopic (exact) mass is 453 g/mol. The predicted molar refractivity (Wildman–Crippen MR) is 127 cm³/mol. The first-order valence-electron chi connectivity index (χ1n) is 10.6. The van der Waals surface area contributed by atoms with Crippen LogP contribution in [0, 0.1) is 27.7 Å². The molecule has 0 spiro atoms. The van der Waals surface area contributed by atoms with Crippen molar-refractivity contribution in [1.82, 2.24) is 14.5 Å². The third kappa shape index (κ3) is 4.93. The van der Waals surface area contributed by atoms with Gasteiger partial charge in [0.1, 0.15) is 5.69 Å². The van der Waals surface area contributed by atoms with Crippen LogP contribution in [0.15, 0.2) is 47.4 Å². The Morgan fingerprint density at radius 3 is 2.12 bits per heavy atom. The van der Waals surface area contributed by atoms with Crippen LogP contribution in [0.3, 0.4) is 0 Å². The lowest BCUT2D eigenvalue weighted by atomic mass is 9.92. The van der Waals surface area contributed by atoms with Crippen molar-refractivity contribution >= 4 is 15.9 Å². The highest BCUT2D eigenvalue weighted by Gasteiger charge is 2.27. The zero-order valence-corrected chi connectivity index (χ0v) is 20.6. The van der Waals surface area contributed by atoms with Crippen LogP contribution in [-0.2, 0) is 22.0 Å². The third-order valence-electron chi connectivity index (χ3n) is 5.54. The first-order chi connectivity index (χ1) is 14.8. The molecule has 7 heteroatoms. The molecule has 0 bridgehead atoms. The van der Waals surface area contributed by atoms with Gasteiger partial charge in [-0.25, -0.2) is 13.1 Å².